The number of hydrogen-bond acceptors (Lipinski definition) is 6. The van der Waals surface area contributed by atoms with Crippen molar-refractivity contribution in [3.8, 4) is 6.07 Å². The Morgan fingerprint density at radius 2 is 2.45 bits per heavy atom. The molecule has 2 atom stereocenters. The number of nitriles is 1. The Hall–Kier alpha value is -2.20. The lowest BCUT2D eigenvalue weighted by Crippen LogP contribution is -2.47. The van der Waals surface area contributed by atoms with Crippen LogP contribution in [0, 0.1) is 27.4 Å². The van der Waals surface area contributed by atoms with Crippen LogP contribution >= 0.6 is 0 Å². The van der Waals surface area contributed by atoms with Gasteiger partial charge in [-0.05, 0) is 18.4 Å². The SMILES string of the molecule is CCC1CN(c2nccc(C#N)c2[N+](=O)[O-])CCC1N. The second-order valence-corrected chi connectivity index (χ2v) is 4.97. The number of nitro groups is 1. The number of aromatic nitrogens is 1. The minimum absolute atomic E-state index is 0.0444. The Morgan fingerprint density at radius 1 is 1.70 bits per heavy atom. The Bertz CT molecular complexity index is 554. The first-order valence-corrected chi connectivity index (χ1v) is 6.62. The molecule has 1 aromatic heterocycles. The highest BCUT2D eigenvalue weighted by molar-refractivity contribution is 5.65. The number of hydrogen-bond donors (Lipinski definition) is 1. The summed E-state index contributed by atoms with van der Waals surface area (Å²) in [7, 11) is 0. The van der Waals surface area contributed by atoms with Crippen LogP contribution in [-0.2, 0) is 0 Å². The van der Waals surface area contributed by atoms with Gasteiger partial charge in [-0.2, -0.15) is 5.26 Å². The van der Waals surface area contributed by atoms with Gasteiger partial charge in [0.15, 0.2) is 0 Å². The van der Waals surface area contributed by atoms with Crippen LogP contribution in [0.5, 0.6) is 0 Å². The third-order valence-electron chi connectivity index (χ3n) is 3.82. The van der Waals surface area contributed by atoms with E-state index in [1.54, 1.807) is 0 Å². The van der Waals surface area contributed by atoms with Crippen molar-refractivity contribution in [3.63, 3.8) is 0 Å². The van der Waals surface area contributed by atoms with E-state index in [1.807, 2.05) is 11.0 Å². The van der Waals surface area contributed by atoms with Crippen molar-refractivity contribution in [3.05, 3.63) is 27.9 Å². The van der Waals surface area contributed by atoms with Crippen LogP contribution in [-0.4, -0.2) is 29.0 Å². The molecule has 0 radical (unpaired) electrons. The van der Waals surface area contributed by atoms with Crippen LogP contribution in [0.4, 0.5) is 11.5 Å². The minimum Gasteiger partial charge on any atom is -0.350 e. The van der Waals surface area contributed by atoms with Gasteiger partial charge in [0.25, 0.3) is 0 Å². The summed E-state index contributed by atoms with van der Waals surface area (Å²) >= 11 is 0. The second kappa shape index (κ2) is 5.84. The lowest BCUT2D eigenvalue weighted by Gasteiger charge is -2.36. The molecule has 0 amide bonds. The van der Waals surface area contributed by atoms with E-state index in [1.165, 1.54) is 12.3 Å². The summed E-state index contributed by atoms with van der Waals surface area (Å²) in [5.74, 6) is 0.565. The molecule has 2 heterocycles. The maximum absolute atomic E-state index is 11.2. The van der Waals surface area contributed by atoms with E-state index in [9.17, 15) is 10.1 Å². The molecule has 0 aromatic carbocycles. The number of nitrogens with zero attached hydrogens (tertiary/aromatic N) is 4. The average molecular weight is 275 g/mol. The van der Waals surface area contributed by atoms with Gasteiger partial charge in [-0.3, -0.25) is 10.1 Å². The average Bonchev–Trinajstić information content (AvgIpc) is 2.46. The molecule has 0 spiro atoms. The summed E-state index contributed by atoms with van der Waals surface area (Å²) in [6.07, 6.45) is 3.13. The molecule has 1 aliphatic heterocycles. The fourth-order valence-electron chi connectivity index (χ4n) is 2.62. The lowest BCUT2D eigenvalue weighted by atomic mass is 9.90. The molecular weight excluding hydrogens is 258 g/mol. The molecule has 0 aliphatic carbocycles. The Labute approximate surface area is 117 Å². The fraction of sp³-hybridized carbons (Fsp3) is 0.538. The van der Waals surface area contributed by atoms with Gasteiger partial charge in [-0.15, -0.1) is 0 Å². The monoisotopic (exact) mass is 275 g/mol. The highest BCUT2D eigenvalue weighted by Crippen LogP contribution is 2.32. The van der Waals surface area contributed by atoms with E-state index in [4.69, 9.17) is 11.0 Å². The number of pyridine rings is 1. The molecule has 2 N–H and O–H groups in total. The van der Waals surface area contributed by atoms with Gasteiger partial charge < -0.3 is 10.6 Å². The largest absolute Gasteiger partial charge is 0.350 e. The molecule has 0 bridgehead atoms. The van der Waals surface area contributed by atoms with Crippen molar-refractivity contribution >= 4 is 11.5 Å². The number of piperidine rings is 1. The third-order valence-corrected chi connectivity index (χ3v) is 3.82. The zero-order valence-corrected chi connectivity index (χ0v) is 11.3. The van der Waals surface area contributed by atoms with Crippen molar-refractivity contribution in [2.75, 3.05) is 18.0 Å². The maximum atomic E-state index is 11.2. The molecule has 2 unspecified atom stereocenters. The van der Waals surface area contributed by atoms with E-state index in [-0.39, 0.29) is 29.0 Å². The van der Waals surface area contributed by atoms with Gasteiger partial charge in [0, 0.05) is 25.3 Å². The summed E-state index contributed by atoms with van der Waals surface area (Å²) in [4.78, 5) is 16.7. The quantitative estimate of drug-likeness (QED) is 0.660. The molecule has 106 valence electrons. The van der Waals surface area contributed by atoms with Crippen molar-refractivity contribution in [1.82, 2.24) is 4.98 Å². The van der Waals surface area contributed by atoms with Crippen molar-refractivity contribution in [1.29, 1.82) is 5.26 Å². The van der Waals surface area contributed by atoms with Crippen LogP contribution in [0.1, 0.15) is 25.3 Å². The van der Waals surface area contributed by atoms with E-state index in [0.717, 1.165) is 12.8 Å². The molecular formula is C13H17N5O2. The van der Waals surface area contributed by atoms with Gasteiger partial charge in [0.05, 0.1) is 4.92 Å². The standard InChI is InChI=1S/C13H17N5O2/c1-2-9-8-17(6-4-11(9)15)13-12(18(19)20)10(7-14)3-5-16-13/h3,5,9,11H,2,4,6,8,15H2,1H3. The summed E-state index contributed by atoms with van der Waals surface area (Å²) in [5.41, 5.74) is 5.89. The topological polar surface area (TPSA) is 109 Å². The second-order valence-electron chi connectivity index (χ2n) is 4.97. The van der Waals surface area contributed by atoms with Gasteiger partial charge >= 0.3 is 5.69 Å². The molecule has 1 aromatic rings. The Kier molecular flexibility index (Phi) is 4.15. The van der Waals surface area contributed by atoms with Gasteiger partial charge in [0.2, 0.25) is 5.82 Å². The first-order valence-electron chi connectivity index (χ1n) is 6.62. The van der Waals surface area contributed by atoms with Crippen molar-refractivity contribution < 1.29 is 4.92 Å². The molecule has 7 nitrogen and oxygen atoms in total. The van der Waals surface area contributed by atoms with Crippen LogP contribution in [0.2, 0.25) is 0 Å². The number of anilines is 1. The van der Waals surface area contributed by atoms with Crippen molar-refractivity contribution in [2.45, 2.75) is 25.8 Å². The molecule has 2 rings (SSSR count). The minimum atomic E-state index is -0.531. The van der Waals surface area contributed by atoms with E-state index in [2.05, 4.69) is 11.9 Å². The Morgan fingerprint density at radius 3 is 3.05 bits per heavy atom. The van der Waals surface area contributed by atoms with E-state index < -0.39 is 4.92 Å². The summed E-state index contributed by atoms with van der Waals surface area (Å²) in [6.45, 7) is 3.32. The lowest BCUT2D eigenvalue weighted by molar-refractivity contribution is -0.384. The highest BCUT2D eigenvalue weighted by atomic mass is 16.6. The summed E-state index contributed by atoms with van der Waals surface area (Å²) < 4.78 is 0. The number of nitrogens with two attached hydrogens (primary N) is 1. The van der Waals surface area contributed by atoms with Crippen LogP contribution < -0.4 is 10.6 Å². The normalized spacial score (nSPS) is 22.4. The van der Waals surface area contributed by atoms with Crippen molar-refractivity contribution in [2.24, 2.45) is 11.7 Å². The zero-order valence-electron chi connectivity index (χ0n) is 11.3. The fourth-order valence-corrected chi connectivity index (χ4v) is 2.62. The van der Waals surface area contributed by atoms with Gasteiger partial charge in [-0.1, -0.05) is 13.3 Å². The summed E-state index contributed by atoms with van der Waals surface area (Å²) in [5, 5.41) is 20.2. The molecule has 0 saturated carbocycles. The molecule has 1 fully saturated rings. The predicted molar refractivity (Wildman–Crippen MR) is 74.2 cm³/mol. The van der Waals surface area contributed by atoms with E-state index >= 15 is 0 Å². The highest BCUT2D eigenvalue weighted by Gasteiger charge is 2.31. The molecule has 1 aliphatic rings. The smallest absolute Gasteiger partial charge is 0.329 e. The van der Waals surface area contributed by atoms with Gasteiger partial charge in [-0.25, -0.2) is 4.98 Å². The first kappa shape index (κ1) is 14.2. The first-order chi connectivity index (χ1) is 9.58. The Balaban J connectivity index is 2.38. The molecule has 7 heteroatoms. The third kappa shape index (κ3) is 2.56. The summed E-state index contributed by atoms with van der Waals surface area (Å²) in [6, 6.07) is 3.35. The molecule has 1 saturated heterocycles. The molecule has 20 heavy (non-hydrogen) atoms. The number of rotatable bonds is 3. The van der Waals surface area contributed by atoms with Crippen LogP contribution in [0.3, 0.4) is 0 Å². The predicted octanol–water partition coefficient (Wildman–Crippen LogP) is 1.43. The van der Waals surface area contributed by atoms with Crippen LogP contribution in [0.15, 0.2) is 12.3 Å². The zero-order chi connectivity index (χ0) is 14.7. The van der Waals surface area contributed by atoms with Gasteiger partial charge in [0.1, 0.15) is 11.6 Å². The maximum Gasteiger partial charge on any atom is 0.329 e. The van der Waals surface area contributed by atoms with Crippen LogP contribution in [0.25, 0.3) is 0 Å². The van der Waals surface area contributed by atoms with E-state index in [0.29, 0.717) is 13.1 Å².